The van der Waals surface area contributed by atoms with Gasteiger partial charge in [-0.1, -0.05) is 0 Å². The van der Waals surface area contributed by atoms with Crippen molar-refractivity contribution < 1.29 is 12.8 Å². The first-order valence-corrected chi connectivity index (χ1v) is 8.92. The van der Waals surface area contributed by atoms with E-state index in [4.69, 9.17) is 5.73 Å². The molecule has 0 radical (unpaired) electrons. The number of halogens is 1. The van der Waals surface area contributed by atoms with E-state index in [-0.39, 0.29) is 10.6 Å². The highest BCUT2D eigenvalue weighted by Gasteiger charge is 2.41. The highest BCUT2D eigenvalue weighted by molar-refractivity contribution is 7.89. The topological polar surface area (TPSA) is 72.2 Å². The van der Waals surface area contributed by atoms with Crippen molar-refractivity contribution in [3.63, 3.8) is 0 Å². The number of rotatable bonds is 6. The number of nitrogens with two attached hydrogens (primary N) is 1. The highest BCUT2D eigenvalue weighted by atomic mass is 32.2. The first kappa shape index (κ1) is 14.8. The number of anilines is 1. The second kappa shape index (κ2) is 5.25. The standard InChI is InChI=1S/C15H21FN2O2S/c1-9-6-13(16)14(17)7-15(9)21(19,20)18-8-12(10-2-3-10)11-4-5-11/h6-7,10-12,18H,2-5,8,17H2,1H3. The van der Waals surface area contributed by atoms with Gasteiger partial charge in [0.05, 0.1) is 10.6 Å². The second-order valence-corrected chi connectivity index (χ2v) is 8.07. The zero-order valence-electron chi connectivity index (χ0n) is 12.1. The average molecular weight is 312 g/mol. The van der Waals surface area contributed by atoms with Crippen LogP contribution in [0.3, 0.4) is 0 Å². The molecule has 0 heterocycles. The third kappa shape index (κ3) is 3.21. The van der Waals surface area contributed by atoms with Crippen molar-refractivity contribution in [3.8, 4) is 0 Å². The molecule has 4 nitrogen and oxygen atoms in total. The van der Waals surface area contributed by atoms with Crippen LogP contribution in [0.15, 0.2) is 17.0 Å². The molecule has 0 unspecified atom stereocenters. The van der Waals surface area contributed by atoms with Crippen LogP contribution in [0.4, 0.5) is 10.1 Å². The third-order valence-corrected chi connectivity index (χ3v) is 6.11. The lowest BCUT2D eigenvalue weighted by Crippen LogP contribution is -2.31. The molecule has 0 aromatic heterocycles. The Morgan fingerprint density at radius 2 is 1.86 bits per heavy atom. The monoisotopic (exact) mass is 312 g/mol. The van der Waals surface area contributed by atoms with Crippen LogP contribution in [0, 0.1) is 30.5 Å². The number of nitrogens with one attached hydrogen (secondary N) is 1. The van der Waals surface area contributed by atoms with Gasteiger partial charge in [0.25, 0.3) is 0 Å². The smallest absolute Gasteiger partial charge is 0.240 e. The Morgan fingerprint density at radius 3 is 2.38 bits per heavy atom. The van der Waals surface area contributed by atoms with Gasteiger partial charge in [0.1, 0.15) is 5.82 Å². The van der Waals surface area contributed by atoms with Gasteiger partial charge in [-0.05, 0) is 68.1 Å². The Hall–Kier alpha value is -1.14. The van der Waals surface area contributed by atoms with Crippen molar-refractivity contribution in [3.05, 3.63) is 23.5 Å². The fourth-order valence-corrected chi connectivity index (χ4v) is 4.34. The third-order valence-electron chi connectivity index (χ3n) is 4.55. The summed E-state index contributed by atoms with van der Waals surface area (Å²) in [6.45, 7) is 2.06. The van der Waals surface area contributed by atoms with Crippen molar-refractivity contribution in [2.24, 2.45) is 17.8 Å². The molecule has 0 atom stereocenters. The van der Waals surface area contributed by atoms with Crippen LogP contribution in [0.1, 0.15) is 31.2 Å². The van der Waals surface area contributed by atoms with Crippen molar-refractivity contribution in [2.45, 2.75) is 37.5 Å². The zero-order chi connectivity index (χ0) is 15.2. The average Bonchev–Trinajstić information content (AvgIpc) is 3.25. The quantitative estimate of drug-likeness (QED) is 0.792. The molecular formula is C15H21FN2O2S. The van der Waals surface area contributed by atoms with Gasteiger partial charge in [0, 0.05) is 6.54 Å². The van der Waals surface area contributed by atoms with E-state index in [0.29, 0.717) is 29.9 Å². The van der Waals surface area contributed by atoms with E-state index in [0.717, 1.165) is 0 Å². The Kier molecular flexibility index (Phi) is 3.69. The van der Waals surface area contributed by atoms with Crippen LogP contribution in [0.2, 0.25) is 0 Å². The maximum atomic E-state index is 13.3. The van der Waals surface area contributed by atoms with Gasteiger partial charge in [-0.15, -0.1) is 0 Å². The van der Waals surface area contributed by atoms with Gasteiger partial charge in [0.15, 0.2) is 0 Å². The molecule has 0 saturated heterocycles. The summed E-state index contributed by atoms with van der Waals surface area (Å²) in [5.74, 6) is 1.23. The van der Waals surface area contributed by atoms with Crippen LogP contribution < -0.4 is 10.5 Å². The number of aryl methyl sites for hydroxylation is 1. The van der Waals surface area contributed by atoms with Gasteiger partial charge in [0.2, 0.25) is 10.0 Å². The molecule has 1 aromatic rings. The first-order valence-electron chi connectivity index (χ1n) is 7.44. The van der Waals surface area contributed by atoms with E-state index in [2.05, 4.69) is 4.72 Å². The van der Waals surface area contributed by atoms with Crippen molar-refractivity contribution in [2.75, 3.05) is 12.3 Å². The van der Waals surface area contributed by atoms with Crippen molar-refractivity contribution >= 4 is 15.7 Å². The Bertz CT molecular complexity index is 640. The summed E-state index contributed by atoms with van der Waals surface area (Å²) in [5, 5.41) is 0. The Morgan fingerprint density at radius 1 is 1.29 bits per heavy atom. The first-order chi connectivity index (χ1) is 9.88. The molecule has 2 fully saturated rings. The van der Waals surface area contributed by atoms with Gasteiger partial charge in [-0.3, -0.25) is 0 Å². The lowest BCUT2D eigenvalue weighted by atomic mass is 9.99. The summed E-state index contributed by atoms with van der Waals surface area (Å²) in [6, 6.07) is 2.37. The van der Waals surface area contributed by atoms with Gasteiger partial charge in [-0.2, -0.15) is 0 Å². The van der Waals surface area contributed by atoms with E-state index in [1.165, 1.54) is 37.8 Å². The van der Waals surface area contributed by atoms with Crippen LogP contribution >= 0.6 is 0 Å². The number of sulfonamides is 1. The molecule has 0 spiro atoms. The largest absolute Gasteiger partial charge is 0.396 e. The summed E-state index contributed by atoms with van der Waals surface area (Å²) in [4.78, 5) is 0.0757. The molecule has 0 bridgehead atoms. The number of nitrogen functional groups attached to an aromatic ring is 1. The highest BCUT2D eigenvalue weighted by Crippen LogP contribution is 2.48. The van der Waals surface area contributed by atoms with Crippen molar-refractivity contribution in [1.29, 1.82) is 0 Å². The maximum absolute atomic E-state index is 13.3. The fourth-order valence-electron chi connectivity index (χ4n) is 3.01. The minimum atomic E-state index is -3.63. The minimum absolute atomic E-state index is 0.0757. The molecule has 3 rings (SSSR count). The van der Waals surface area contributed by atoms with E-state index in [1.54, 1.807) is 6.92 Å². The molecule has 21 heavy (non-hydrogen) atoms. The summed E-state index contributed by atoms with van der Waals surface area (Å²) in [7, 11) is -3.63. The molecule has 6 heteroatoms. The van der Waals surface area contributed by atoms with Crippen LogP contribution in [-0.2, 0) is 10.0 Å². The second-order valence-electron chi connectivity index (χ2n) is 6.33. The minimum Gasteiger partial charge on any atom is -0.396 e. The number of hydrogen-bond acceptors (Lipinski definition) is 3. The molecule has 2 saturated carbocycles. The predicted molar refractivity (Wildman–Crippen MR) is 79.7 cm³/mol. The normalized spacial score (nSPS) is 19.2. The van der Waals surface area contributed by atoms with Crippen LogP contribution in [-0.4, -0.2) is 15.0 Å². The molecule has 0 amide bonds. The van der Waals surface area contributed by atoms with Crippen molar-refractivity contribution in [1.82, 2.24) is 4.72 Å². The Labute approximate surface area is 125 Å². The van der Waals surface area contributed by atoms with Gasteiger partial charge in [-0.25, -0.2) is 17.5 Å². The Balaban J connectivity index is 1.75. The van der Waals surface area contributed by atoms with Gasteiger partial charge < -0.3 is 5.73 Å². The molecule has 2 aliphatic carbocycles. The summed E-state index contributed by atoms with van der Waals surface area (Å²) in [6.07, 6.45) is 4.85. The molecule has 116 valence electrons. The number of hydrogen-bond donors (Lipinski definition) is 2. The molecular weight excluding hydrogens is 291 g/mol. The van der Waals surface area contributed by atoms with E-state index in [1.807, 2.05) is 0 Å². The molecule has 1 aromatic carbocycles. The van der Waals surface area contributed by atoms with Crippen LogP contribution in [0.5, 0.6) is 0 Å². The predicted octanol–water partition coefficient (Wildman–Crippen LogP) is 2.43. The fraction of sp³-hybridized carbons (Fsp3) is 0.600. The SMILES string of the molecule is Cc1cc(F)c(N)cc1S(=O)(=O)NCC(C1CC1)C1CC1. The van der Waals surface area contributed by atoms with E-state index < -0.39 is 15.8 Å². The van der Waals surface area contributed by atoms with Crippen LogP contribution in [0.25, 0.3) is 0 Å². The molecule has 2 aliphatic rings. The summed E-state index contributed by atoms with van der Waals surface area (Å²) < 4.78 is 40.9. The maximum Gasteiger partial charge on any atom is 0.240 e. The lowest BCUT2D eigenvalue weighted by molar-refractivity contribution is 0.401. The summed E-state index contributed by atoms with van der Waals surface area (Å²) in [5.41, 5.74) is 5.73. The van der Waals surface area contributed by atoms with Gasteiger partial charge >= 0.3 is 0 Å². The number of benzene rings is 1. The molecule has 3 N–H and O–H groups in total. The lowest BCUT2D eigenvalue weighted by Gasteiger charge is -2.17. The van der Waals surface area contributed by atoms with E-state index in [9.17, 15) is 12.8 Å². The zero-order valence-corrected chi connectivity index (χ0v) is 12.9. The molecule has 0 aliphatic heterocycles. The summed E-state index contributed by atoms with van der Waals surface area (Å²) >= 11 is 0. The van der Waals surface area contributed by atoms with E-state index >= 15 is 0 Å².